The molecule has 0 aromatic heterocycles. The molecule has 2 N–H and O–H groups in total. The van der Waals surface area contributed by atoms with Crippen LogP contribution in [0.2, 0.25) is 0 Å². The molecule has 0 radical (unpaired) electrons. The zero-order chi connectivity index (χ0) is 17.9. The summed E-state index contributed by atoms with van der Waals surface area (Å²) in [7, 11) is 2.87. The molecule has 0 bridgehead atoms. The largest absolute Gasteiger partial charge is 0.493 e. The highest BCUT2D eigenvalue weighted by atomic mass is 19.1. The number of aliphatic carboxylic acids is 1. The second-order valence-electron chi connectivity index (χ2n) is 6.00. The van der Waals surface area contributed by atoms with Crippen LogP contribution < -0.4 is 14.8 Å². The fourth-order valence-electron chi connectivity index (χ4n) is 3.05. The van der Waals surface area contributed by atoms with Crippen LogP contribution in [0, 0.1) is 17.7 Å². The van der Waals surface area contributed by atoms with Crippen molar-refractivity contribution in [2.75, 3.05) is 14.2 Å². The summed E-state index contributed by atoms with van der Waals surface area (Å²) in [6, 6.07) is 2.14. The normalized spacial score (nSPS) is 21.2. The molecule has 24 heavy (non-hydrogen) atoms. The summed E-state index contributed by atoms with van der Waals surface area (Å²) in [6.07, 6.45) is 1.35. The minimum absolute atomic E-state index is 0.250. The maximum Gasteiger partial charge on any atom is 0.306 e. The minimum atomic E-state index is -0.871. The van der Waals surface area contributed by atoms with Gasteiger partial charge in [-0.3, -0.25) is 9.59 Å². The highest BCUT2D eigenvalue weighted by Gasteiger charge is 2.34. The van der Waals surface area contributed by atoms with E-state index in [1.54, 1.807) is 6.92 Å². The maximum atomic E-state index is 14.2. The number of benzene rings is 1. The van der Waals surface area contributed by atoms with Crippen molar-refractivity contribution >= 4 is 11.9 Å². The predicted octanol–water partition coefficient (Wildman–Crippen LogP) is 2.52. The second-order valence-corrected chi connectivity index (χ2v) is 6.00. The summed E-state index contributed by atoms with van der Waals surface area (Å²) in [5.74, 6) is -1.80. The van der Waals surface area contributed by atoms with Crippen LogP contribution in [0.1, 0.15) is 37.8 Å². The van der Waals surface area contributed by atoms with Gasteiger partial charge in [0, 0.05) is 17.5 Å². The van der Waals surface area contributed by atoms with Crippen molar-refractivity contribution in [2.24, 2.45) is 11.8 Å². The number of carboxylic acids is 1. The standard InChI is InChI=1S/C17H22FNO5/c1-9(12-7-14(23-2)15(24-3)8-13(12)18)19-16(20)10-4-5-11(6-10)17(21)22/h7-11H,4-6H2,1-3H3,(H,19,20)(H,21,22)/t9?,10-,11+/m1/s1. The fraction of sp³-hybridized carbons (Fsp3) is 0.529. The van der Waals surface area contributed by atoms with E-state index in [0.29, 0.717) is 25.0 Å². The van der Waals surface area contributed by atoms with Gasteiger partial charge in [-0.1, -0.05) is 0 Å². The number of carboxylic acid groups (broad SMARTS) is 1. The van der Waals surface area contributed by atoms with E-state index in [9.17, 15) is 14.0 Å². The minimum Gasteiger partial charge on any atom is -0.493 e. The second kappa shape index (κ2) is 7.51. The molecule has 0 spiro atoms. The molecule has 6 nitrogen and oxygen atoms in total. The Labute approximate surface area is 139 Å². The average Bonchev–Trinajstić information content (AvgIpc) is 3.04. The van der Waals surface area contributed by atoms with Gasteiger partial charge in [-0.05, 0) is 32.3 Å². The highest BCUT2D eigenvalue weighted by molar-refractivity contribution is 5.81. The van der Waals surface area contributed by atoms with Gasteiger partial charge < -0.3 is 19.9 Å². The van der Waals surface area contributed by atoms with Crippen molar-refractivity contribution < 1.29 is 28.6 Å². The maximum absolute atomic E-state index is 14.2. The molecule has 1 aromatic carbocycles. The van der Waals surface area contributed by atoms with Crippen molar-refractivity contribution in [1.29, 1.82) is 0 Å². The van der Waals surface area contributed by atoms with Crippen molar-refractivity contribution in [3.05, 3.63) is 23.5 Å². The summed E-state index contributed by atoms with van der Waals surface area (Å²) >= 11 is 0. The number of hydrogen-bond donors (Lipinski definition) is 2. The molecular formula is C17H22FNO5. The first-order valence-electron chi connectivity index (χ1n) is 7.82. The Bertz CT molecular complexity index is 634. The van der Waals surface area contributed by atoms with Crippen molar-refractivity contribution in [3.63, 3.8) is 0 Å². The Balaban J connectivity index is 2.08. The Hall–Kier alpha value is -2.31. The van der Waals surface area contributed by atoms with E-state index in [-0.39, 0.29) is 23.1 Å². The molecule has 1 amide bonds. The fourth-order valence-corrected chi connectivity index (χ4v) is 3.05. The van der Waals surface area contributed by atoms with Gasteiger partial charge in [0.1, 0.15) is 5.82 Å². The van der Waals surface area contributed by atoms with Crippen LogP contribution in [0.5, 0.6) is 11.5 Å². The summed E-state index contributed by atoms with van der Waals surface area (Å²) in [5.41, 5.74) is 0.286. The third-order valence-electron chi connectivity index (χ3n) is 4.48. The highest BCUT2D eigenvalue weighted by Crippen LogP contribution is 2.34. The van der Waals surface area contributed by atoms with Crippen LogP contribution >= 0.6 is 0 Å². The Morgan fingerprint density at radius 1 is 1.21 bits per heavy atom. The van der Waals surface area contributed by atoms with E-state index in [2.05, 4.69) is 5.32 Å². The number of nitrogens with one attached hydrogen (secondary N) is 1. The van der Waals surface area contributed by atoms with Gasteiger partial charge in [0.15, 0.2) is 11.5 Å². The van der Waals surface area contributed by atoms with Gasteiger partial charge in [-0.15, -0.1) is 0 Å². The Morgan fingerprint density at radius 3 is 2.33 bits per heavy atom. The number of rotatable bonds is 6. The molecule has 1 unspecified atom stereocenters. The van der Waals surface area contributed by atoms with E-state index in [0.717, 1.165) is 0 Å². The number of hydrogen-bond acceptors (Lipinski definition) is 4. The molecule has 7 heteroatoms. The summed E-state index contributed by atoms with van der Waals surface area (Å²) in [4.78, 5) is 23.3. The zero-order valence-electron chi connectivity index (χ0n) is 14.0. The lowest BCUT2D eigenvalue weighted by Crippen LogP contribution is -2.32. The van der Waals surface area contributed by atoms with Crippen LogP contribution in [-0.2, 0) is 9.59 Å². The molecule has 1 aliphatic rings. The number of halogens is 1. The van der Waals surface area contributed by atoms with Gasteiger partial charge in [0.05, 0.1) is 26.2 Å². The molecule has 0 saturated heterocycles. The molecule has 132 valence electrons. The molecular weight excluding hydrogens is 317 g/mol. The van der Waals surface area contributed by atoms with E-state index >= 15 is 0 Å². The third kappa shape index (κ3) is 3.77. The van der Waals surface area contributed by atoms with Gasteiger partial charge in [-0.2, -0.15) is 0 Å². The van der Waals surface area contributed by atoms with E-state index < -0.39 is 23.7 Å². The van der Waals surface area contributed by atoms with E-state index in [1.165, 1.54) is 26.4 Å². The van der Waals surface area contributed by atoms with Gasteiger partial charge in [0.25, 0.3) is 0 Å². The number of carbonyl (C=O) groups is 2. The lowest BCUT2D eigenvalue weighted by atomic mass is 10.0. The molecule has 1 fully saturated rings. The third-order valence-corrected chi connectivity index (χ3v) is 4.48. The topological polar surface area (TPSA) is 84.9 Å². The average molecular weight is 339 g/mol. The molecule has 2 rings (SSSR count). The summed E-state index contributed by atoms with van der Waals surface area (Å²) in [5, 5.41) is 11.8. The van der Waals surface area contributed by atoms with Gasteiger partial charge >= 0.3 is 5.97 Å². The monoisotopic (exact) mass is 339 g/mol. The first kappa shape index (κ1) is 18.0. The van der Waals surface area contributed by atoms with Crippen LogP contribution in [0.4, 0.5) is 4.39 Å². The van der Waals surface area contributed by atoms with Crippen LogP contribution in [-0.4, -0.2) is 31.2 Å². The number of carbonyl (C=O) groups excluding carboxylic acids is 1. The number of ether oxygens (including phenoxy) is 2. The Morgan fingerprint density at radius 2 is 1.79 bits per heavy atom. The van der Waals surface area contributed by atoms with E-state index in [4.69, 9.17) is 14.6 Å². The molecule has 1 saturated carbocycles. The first-order valence-corrected chi connectivity index (χ1v) is 7.82. The van der Waals surface area contributed by atoms with Crippen LogP contribution in [0.15, 0.2) is 12.1 Å². The quantitative estimate of drug-likeness (QED) is 0.832. The van der Waals surface area contributed by atoms with Crippen LogP contribution in [0.3, 0.4) is 0 Å². The first-order chi connectivity index (χ1) is 11.4. The summed E-state index contributed by atoms with van der Waals surface area (Å²) in [6.45, 7) is 1.67. The van der Waals surface area contributed by atoms with Crippen molar-refractivity contribution in [1.82, 2.24) is 5.32 Å². The van der Waals surface area contributed by atoms with Crippen molar-refractivity contribution in [3.8, 4) is 11.5 Å². The van der Waals surface area contributed by atoms with Gasteiger partial charge in [-0.25, -0.2) is 4.39 Å². The lowest BCUT2D eigenvalue weighted by Gasteiger charge is -2.19. The smallest absolute Gasteiger partial charge is 0.306 e. The molecule has 0 heterocycles. The van der Waals surface area contributed by atoms with Crippen LogP contribution in [0.25, 0.3) is 0 Å². The molecule has 0 aliphatic heterocycles. The SMILES string of the molecule is COc1cc(F)c(C(C)NC(=O)[C@@H]2CC[C@H](C(=O)O)C2)cc1OC. The van der Waals surface area contributed by atoms with Crippen molar-refractivity contribution in [2.45, 2.75) is 32.2 Å². The lowest BCUT2D eigenvalue weighted by molar-refractivity contribution is -0.141. The summed E-state index contributed by atoms with van der Waals surface area (Å²) < 4.78 is 24.4. The van der Waals surface area contributed by atoms with Gasteiger partial charge in [0.2, 0.25) is 5.91 Å². The molecule has 1 aliphatic carbocycles. The molecule has 3 atom stereocenters. The number of methoxy groups -OCH3 is 2. The predicted molar refractivity (Wildman–Crippen MR) is 84.5 cm³/mol. The van der Waals surface area contributed by atoms with E-state index in [1.807, 2.05) is 0 Å². The zero-order valence-corrected chi connectivity index (χ0v) is 14.0. The molecule has 1 aromatic rings. The number of amides is 1. The Kier molecular flexibility index (Phi) is 5.64.